The fourth-order valence-corrected chi connectivity index (χ4v) is 3.00. The summed E-state index contributed by atoms with van der Waals surface area (Å²) in [5.74, 6) is 0. The summed E-state index contributed by atoms with van der Waals surface area (Å²) in [6.45, 7) is 6.36. The first kappa shape index (κ1) is 15.3. The molecule has 0 fully saturated rings. The van der Waals surface area contributed by atoms with Crippen molar-refractivity contribution in [1.82, 2.24) is 9.78 Å². The lowest BCUT2D eigenvalue weighted by molar-refractivity contribution is 0.476. The van der Waals surface area contributed by atoms with Crippen molar-refractivity contribution in [3.8, 4) is 0 Å². The first-order valence-electron chi connectivity index (χ1n) is 7.03. The van der Waals surface area contributed by atoms with Crippen molar-refractivity contribution in [2.75, 3.05) is 0 Å². The van der Waals surface area contributed by atoms with Crippen molar-refractivity contribution >= 4 is 15.9 Å². The molecule has 1 aromatic heterocycles. The quantitative estimate of drug-likeness (QED) is 0.891. The van der Waals surface area contributed by atoms with Gasteiger partial charge in [0, 0.05) is 12.1 Å². The highest BCUT2D eigenvalue weighted by atomic mass is 79.9. The summed E-state index contributed by atoms with van der Waals surface area (Å²) in [7, 11) is 0. The lowest BCUT2D eigenvalue weighted by atomic mass is 10.0. The van der Waals surface area contributed by atoms with Crippen LogP contribution in [0.25, 0.3) is 0 Å². The van der Waals surface area contributed by atoms with Crippen molar-refractivity contribution in [2.45, 2.75) is 45.7 Å². The van der Waals surface area contributed by atoms with Crippen molar-refractivity contribution in [3.63, 3.8) is 0 Å². The zero-order valence-electron chi connectivity index (χ0n) is 12.3. The highest BCUT2D eigenvalue weighted by Crippen LogP contribution is 2.27. The van der Waals surface area contributed by atoms with Crippen molar-refractivity contribution in [3.05, 3.63) is 51.8 Å². The Morgan fingerprint density at radius 1 is 1.35 bits per heavy atom. The number of benzene rings is 1. The van der Waals surface area contributed by atoms with Crippen LogP contribution in [0.4, 0.5) is 0 Å². The third-order valence-electron chi connectivity index (χ3n) is 3.45. The van der Waals surface area contributed by atoms with E-state index < -0.39 is 0 Å². The normalized spacial score (nSPS) is 12.9. The highest BCUT2D eigenvalue weighted by molar-refractivity contribution is 9.10. The molecule has 1 unspecified atom stereocenters. The van der Waals surface area contributed by atoms with Crippen LogP contribution < -0.4 is 5.73 Å². The molecule has 0 spiro atoms. The van der Waals surface area contributed by atoms with Gasteiger partial charge >= 0.3 is 0 Å². The van der Waals surface area contributed by atoms with E-state index in [1.54, 1.807) is 0 Å². The molecule has 0 bridgehead atoms. The van der Waals surface area contributed by atoms with Gasteiger partial charge in [-0.1, -0.05) is 29.8 Å². The summed E-state index contributed by atoms with van der Waals surface area (Å²) in [4.78, 5) is 0. The van der Waals surface area contributed by atoms with Gasteiger partial charge in [0.25, 0.3) is 0 Å². The third-order valence-corrected chi connectivity index (χ3v) is 4.06. The molecule has 0 amide bonds. The number of hydrogen-bond acceptors (Lipinski definition) is 2. The number of halogens is 1. The molecule has 2 N–H and O–H groups in total. The summed E-state index contributed by atoms with van der Waals surface area (Å²) in [6, 6.07) is 8.92. The largest absolute Gasteiger partial charge is 0.323 e. The van der Waals surface area contributed by atoms with Gasteiger partial charge in [0.05, 0.1) is 16.4 Å². The van der Waals surface area contributed by atoms with Crippen LogP contribution in [0, 0.1) is 6.92 Å². The third kappa shape index (κ3) is 3.49. The van der Waals surface area contributed by atoms with E-state index in [0.29, 0.717) is 6.04 Å². The summed E-state index contributed by atoms with van der Waals surface area (Å²) in [5.41, 5.74) is 10.1. The standard InChI is InChI=1S/C16H22BrN3/c1-11(2)20-16(14(17)10-19-20)15(18)8-7-13-6-4-5-12(3)9-13/h4-6,9-11,15H,7-8,18H2,1-3H3. The van der Waals surface area contributed by atoms with Crippen molar-refractivity contribution in [1.29, 1.82) is 0 Å². The molecule has 0 saturated carbocycles. The second-order valence-electron chi connectivity index (χ2n) is 5.55. The van der Waals surface area contributed by atoms with Crippen LogP contribution in [0.3, 0.4) is 0 Å². The number of nitrogens with zero attached hydrogens (tertiary/aromatic N) is 2. The average molecular weight is 336 g/mol. The molecule has 108 valence electrons. The average Bonchev–Trinajstić information content (AvgIpc) is 2.78. The van der Waals surface area contributed by atoms with Gasteiger partial charge in [-0.15, -0.1) is 0 Å². The van der Waals surface area contributed by atoms with Crippen molar-refractivity contribution in [2.24, 2.45) is 5.73 Å². The minimum absolute atomic E-state index is 0.00483. The number of nitrogens with two attached hydrogens (primary N) is 1. The number of aryl methyl sites for hydroxylation is 2. The van der Waals surface area contributed by atoms with Crippen LogP contribution in [0.5, 0.6) is 0 Å². The Hall–Kier alpha value is -1.13. The van der Waals surface area contributed by atoms with Crippen LogP contribution in [0.15, 0.2) is 34.9 Å². The van der Waals surface area contributed by atoms with E-state index in [1.807, 2.05) is 10.9 Å². The maximum Gasteiger partial charge on any atom is 0.0696 e. The second-order valence-corrected chi connectivity index (χ2v) is 6.40. The molecule has 2 rings (SSSR count). The highest BCUT2D eigenvalue weighted by Gasteiger charge is 2.18. The number of rotatable bonds is 5. The van der Waals surface area contributed by atoms with Gasteiger partial charge < -0.3 is 5.73 Å². The van der Waals surface area contributed by atoms with E-state index in [-0.39, 0.29) is 6.04 Å². The Morgan fingerprint density at radius 2 is 2.10 bits per heavy atom. The van der Waals surface area contributed by atoms with Crippen molar-refractivity contribution < 1.29 is 0 Å². The van der Waals surface area contributed by atoms with Gasteiger partial charge in [-0.3, -0.25) is 4.68 Å². The molecule has 20 heavy (non-hydrogen) atoms. The summed E-state index contributed by atoms with van der Waals surface area (Å²) < 4.78 is 3.01. The van der Waals surface area contributed by atoms with Crippen LogP contribution in [-0.4, -0.2) is 9.78 Å². The molecule has 2 aromatic rings. The topological polar surface area (TPSA) is 43.8 Å². The summed E-state index contributed by atoms with van der Waals surface area (Å²) >= 11 is 3.56. The van der Waals surface area contributed by atoms with E-state index >= 15 is 0 Å². The molecule has 1 aromatic carbocycles. The fraction of sp³-hybridized carbons (Fsp3) is 0.438. The maximum atomic E-state index is 6.37. The van der Waals surface area contributed by atoms with Crippen LogP contribution in [0.2, 0.25) is 0 Å². The van der Waals surface area contributed by atoms with Crippen LogP contribution >= 0.6 is 15.9 Å². The zero-order chi connectivity index (χ0) is 14.7. The van der Waals surface area contributed by atoms with E-state index in [1.165, 1.54) is 11.1 Å². The molecule has 0 radical (unpaired) electrons. The molecule has 4 heteroatoms. The monoisotopic (exact) mass is 335 g/mol. The smallest absolute Gasteiger partial charge is 0.0696 e. The molecule has 1 heterocycles. The van der Waals surface area contributed by atoms with E-state index in [2.05, 4.69) is 66.1 Å². The molecular formula is C16H22BrN3. The maximum absolute atomic E-state index is 6.37. The SMILES string of the molecule is Cc1cccc(CCC(N)c2c(Br)cnn2C(C)C)c1. The molecule has 3 nitrogen and oxygen atoms in total. The Balaban J connectivity index is 2.09. The molecule has 1 atom stereocenters. The predicted molar refractivity (Wildman–Crippen MR) is 86.7 cm³/mol. The summed E-state index contributed by atoms with van der Waals surface area (Å²) in [5, 5.41) is 4.40. The minimum Gasteiger partial charge on any atom is -0.323 e. The molecule has 0 aliphatic heterocycles. The Labute approximate surface area is 129 Å². The lowest BCUT2D eigenvalue weighted by Crippen LogP contribution is -2.18. The first-order valence-corrected chi connectivity index (χ1v) is 7.82. The van der Waals surface area contributed by atoms with E-state index in [9.17, 15) is 0 Å². The first-order chi connectivity index (χ1) is 9.49. The van der Waals surface area contributed by atoms with E-state index in [4.69, 9.17) is 5.73 Å². The lowest BCUT2D eigenvalue weighted by Gasteiger charge is -2.17. The fourth-order valence-electron chi connectivity index (χ4n) is 2.44. The summed E-state index contributed by atoms with van der Waals surface area (Å²) in [6.07, 6.45) is 3.74. The van der Waals surface area contributed by atoms with Gasteiger partial charge in [0.2, 0.25) is 0 Å². The van der Waals surface area contributed by atoms with Gasteiger partial charge in [-0.2, -0.15) is 5.10 Å². The van der Waals surface area contributed by atoms with Gasteiger partial charge in [-0.05, 0) is 55.1 Å². The van der Waals surface area contributed by atoms with Gasteiger partial charge in [-0.25, -0.2) is 0 Å². The number of hydrogen-bond donors (Lipinski definition) is 1. The molecular weight excluding hydrogens is 314 g/mol. The van der Waals surface area contributed by atoms with Gasteiger partial charge in [0.15, 0.2) is 0 Å². The molecule has 0 saturated heterocycles. The second kappa shape index (κ2) is 6.55. The van der Waals surface area contributed by atoms with Crippen LogP contribution in [0.1, 0.15) is 49.2 Å². The zero-order valence-corrected chi connectivity index (χ0v) is 13.9. The molecule has 0 aliphatic carbocycles. The van der Waals surface area contributed by atoms with Gasteiger partial charge in [0.1, 0.15) is 0 Å². The minimum atomic E-state index is -0.00483. The van der Waals surface area contributed by atoms with Crippen LogP contribution in [-0.2, 0) is 6.42 Å². The predicted octanol–water partition coefficient (Wildman–Crippen LogP) is 4.17. The Bertz CT molecular complexity index is 575. The Kier molecular flexibility index (Phi) is 5.00. The Morgan fingerprint density at radius 3 is 2.75 bits per heavy atom. The molecule has 0 aliphatic rings. The number of aromatic nitrogens is 2. The van der Waals surface area contributed by atoms with E-state index in [0.717, 1.165) is 23.0 Å².